The molecule has 0 aromatic heterocycles. The monoisotopic (exact) mass is 363 g/mol. The molecule has 0 heterocycles. The first kappa shape index (κ1) is 22.3. The van der Waals surface area contributed by atoms with Crippen molar-refractivity contribution in [3.05, 3.63) is 23.8 Å². The SMILES string of the molecule is CCCCCC(C)N(Cc1cccc(OC)c1OC)C(=O)CC(C)(C)C. The van der Waals surface area contributed by atoms with Gasteiger partial charge in [0.2, 0.25) is 5.91 Å². The number of unbranched alkanes of at least 4 members (excludes halogenated alkanes) is 2. The van der Waals surface area contributed by atoms with Gasteiger partial charge in [-0.1, -0.05) is 59.1 Å². The molecular formula is C22H37NO3. The highest BCUT2D eigenvalue weighted by Crippen LogP contribution is 2.33. The van der Waals surface area contributed by atoms with Crippen molar-refractivity contribution in [1.82, 2.24) is 4.90 Å². The van der Waals surface area contributed by atoms with E-state index in [1.54, 1.807) is 14.2 Å². The van der Waals surface area contributed by atoms with Crippen LogP contribution in [-0.2, 0) is 11.3 Å². The van der Waals surface area contributed by atoms with E-state index in [-0.39, 0.29) is 17.4 Å². The summed E-state index contributed by atoms with van der Waals surface area (Å²) >= 11 is 0. The van der Waals surface area contributed by atoms with Crippen molar-refractivity contribution in [1.29, 1.82) is 0 Å². The second kappa shape index (κ2) is 10.4. The van der Waals surface area contributed by atoms with Gasteiger partial charge in [-0.05, 0) is 24.8 Å². The fraction of sp³-hybridized carbons (Fsp3) is 0.682. The predicted molar refractivity (Wildman–Crippen MR) is 108 cm³/mol. The van der Waals surface area contributed by atoms with Gasteiger partial charge < -0.3 is 14.4 Å². The largest absolute Gasteiger partial charge is 0.493 e. The number of benzene rings is 1. The van der Waals surface area contributed by atoms with E-state index < -0.39 is 0 Å². The van der Waals surface area contributed by atoms with Crippen molar-refractivity contribution in [2.24, 2.45) is 5.41 Å². The molecule has 0 saturated heterocycles. The van der Waals surface area contributed by atoms with E-state index in [1.165, 1.54) is 12.8 Å². The van der Waals surface area contributed by atoms with E-state index in [0.29, 0.717) is 24.5 Å². The molecule has 0 N–H and O–H groups in total. The number of hydrogen-bond donors (Lipinski definition) is 0. The van der Waals surface area contributed by atoms with Crippen LogP contribution in [0.3, 0.4) is 0 Å². The number of methoxy groups -OCH3 is 2. The molecule has 0 spiro atoms. The van der Waals surface area contributed by atoms with E-state index in [1.807, 2.05) is 23.1 Å². The maximum atomic E-state index is 13.0. The van der Waals surface area contributed by atoms with Crippen molar-refractivity contribution >= 4 is 5.91 Å². The Labute approximate surface area is 159 Å². The zero-order chi connectivity index (χ0) is 19.7. The average molecular weight is 364 g/mol. The number of hydrogen-bond acceptors (Lipinski definition) is 3. The molecular weight excluding hydrogens is 326 g/mol. The molecule has 148 valence electrons. The molecule has 1 amide bonds. The zero-order valence-electron chi connectivity index (χ0n) is 17.7. The molecule has 0 saturated carbocycles. The van der Waals surface area contributed by atoms with Gasteiger partial charge in [0.25, 0.3) is 0 Å². The Balaban J connectivity index is 3.06. The molecule has 1 aromatic carbocycles. The van der Waals surface area contributed by atoms with Crippen LogP contribution in [0, 0.1) is 5.41 Å². The van der Waals surface area contributed by atoms with Crippen LogP contribution in [0.1, 0.15) is 72.3 Å². The van der Waals surface area contributed by atoms with Crippen molar-refractivity contribution in [2.75, 3.05) is 14.2 Å². The van der Waals surface area contributed by atoms with Crippen molar-refractivity contribution in [3.8, 4) is 11.5 Å². The highest BCUT2D eigenvalue weighted by atomic mass is 16.5. The van der Waals surface area contributed by atoms with Gasteiger partial charge in [-0.3, -0.25) is 4.79 Å². The molecule has 4 heteroatoms. The molecule has 0 bridgehead atoms. The third-order valence-corrected chi connectivity index (χ3v) is 4.58. The molecule has 26 heavy (non-hydrogen) atoms. The summed E-state index contributed by atoms with van der Waals surface area (Å²) in [5, 5.41) is 0. The summed E-state index contributed by atoms with van der Waals surface area (Å²) in [7, 11) is 3.28. The van der Waals surface area contributed by atoms with Crippen LogP contribution in [-0.4, -0.2) is 31.1 Å². The van der Waals surface area contributed by atoms with Gasteiger partial charge in [-0.25, -0.2) is 0 Å². The Bertz CT molecular complexity index is 563. The summed E-state index contributed by atoms with van der Waals surface area (Å²) < 4.78 is 11.0. The summed E-state index contributed by atoms with van der Waals surface area (Å²) in [4.78, 5) is 15.1. The molecule has 1 atom stereocenters. The van der Waals surface area contributed by atoms with Gasteiger partial charge in [-0.15, -0.1) is 0 Å². The summed E-state index contributed by atoms with van der Waals surface area (Å²) in [6.07, 6.45) is 5.10. The van der Waals surface area contributed by atoms with E-state index >= 15 is 0 Å². The predicted octanol–water partition coefficient (Wildman–Crippen LogP) is 5.44. The van der Waals surface area contributed by atoms with E-state index in [2.05, 4.69) is 34.6 Å². The summed E-state index contributed by atoms with van der Waals surface area (Å²) in [5.41, 5.74) is 0.952. The Hall–Kier alpha value is -1.71. The first-order valence-electron chi connectivity index (χ1n) is 9.72. The van der Waals surface area contributed by atoms with Crippen LogP contribution in [0.4, 0.5) is 0 Å². The van der Waals surface area contributed by atoms with E-state index in [0.717, 1.165) is 18.4 Å². The molecule has 1 unspecified atom stereocenters. The lowest BCUT2D eigenvalue weighted by molar-refractivity contribution is -0.136. The molecule has 4 nitrogen and oxygen atoms in total. The van der Waals surface area contributed by atoms with Crippen LogP contribution in [0.15, 0.2) is 18.2 Å². The minimum absolute atomic E-state index is 0.0308. The number of ether oxygens (including phenoxy) is 2. The Morgan fingerprint density at radius 3 is 2.38 bits per heavy atom. The second-order valence-corrected chi connectivity index (χ2v) is 8.26. The van der Waals surface area contributed by atoms with Crippen LogP contribution in [0.2, 0.25) is 0 Å². The third kappa shape index (κ3) is 6.89. The molecule has 0 fully saturated rings. The van der Waals surface area contributed by atoms with Gasteiger partial charge in [-0.2, -0.15) is 0 Å². The van der Waals surface area contributed by atoms with Crippen LogP contribution in [0.5, 0.6) is 11.5 Å². The molecule has 0 aliphatic carbocycles. The van der Waals surface area contributed by atoms with Crippen LogP contribution < -0.4 is 9.47 Å². The number of nitrogens with zero attached hydrogens (tertiary/aromatic N) is 1. The molecule has 1 aromatic rings. The summed E-state index contributed by atoms with van der Waals surface area (Å²) in [6, 6.07) is 6.05. The van der Waals surface area contributed by atoms with Crippen molar-refractivity contribution < 1.29 is 14.3 Å². The zero-order valence-corrected chi connectivity index (χ0v) is 17.7. The van der Waals surface area contributed by atoms with Gasteiger partial charge in [0.1, 0.15) is 0 Å². The number of amides is 1. The fourth-order valence-electron chi connectivity index (χ4n) is 3.15. The summed E-state index contributed by atoms with van der Waals surface area (Å²) in [5.74, 6) is 1.61. The molecule has 0 radical (unpaired) electrons. The Morgan fingerprint density at radius 2 is 1.85 bits per heavy atom. The minimum atomic E-state index is -0.0308. The van der Waals surface area contributed by atoms with Crippen LogP contribution in [0.25, 0.3) is 0 Å². The van der Waals surface area contributed by atoms with Crippen molar-refractivity contribution in [2.45, 2.75) is 79.3 Å². The molecule has 0 aliphatic rings. The number of para-hydroxylation sites is 1. The second-order valence-electron chi connectivity index (χ2n) is 8.26. The fourth-order valence-corrected chi connectivity index (χ4v) is 3.15. The Morgan fingerprint density at radius 1 is 1.15 bits per heavy atom. The smallest absolute Gasteiger partial charge is 0.223 e. The van der Waals surface area contributed by atoms with Gasteiger partial charge in [0.15, 0.2) is 11.5 Å². The normalized spacial score (nSPS) is 12.6. The van der Waals surface area contributed by atoms with Crippen molar-refractivity contribution in [3.63, 3.8) is 0 Å². The van der Waals surface area contributed by atoms with E-state index in [9.17, 15) is 4.79 Å². The van der Waals surface area contributed by atoms with Gasteiger partial charge >= 0.3 is 0 Å². The highest BCUT2D eigenvalue weighted by molar-refractivity contribution is 5.77. The first-order chi connectivity index (χ1) is 12.2. The topological polar surface area (TPSA) is 38.8 Å². The lowest BCUT2D eigenvalue weighted by Gasteiger charge is -2.32. The number of carbonyl (C=O) groups excluding carboxylic acids is 1. The molecule has 0 aliphatic heterocycles. The first-order valence-corrected chi connectivity index (χ1v) is 9.72. The maximum Gasteiger partial charge on any atom is 0.223 e. The van der Waals surface area contributed by atoms with Crippen LogP contribution >= 0.6 is 0 Å². The Kier molecular flexibility index (Phi) is 8.97. The number of rotatable bonds is 10. The quantitative estimate of drug-likeness (QED) is 0.520. The number of carbonyl (C=O) groups is 1. The third-order valence-electron chi connectivity index (χ3n) is 4.58. The van der Waals surface area contributed by atoms with E-state index in [4.69, 9.17) is 9.47 Å². The maximum absolute atomic E-state index is 13.0. The lowest BCUT2D eigenvalue weighted by Crippen LogP contribution is -2.39. The molecule has 1 rings (SSSR count). The standard InChI is InChI=1S/C22H37NO3/c1-8-9-10-12-17(2)23(20(24)15-22(3,4)5)16-18-13-11-14-19(25-6)21(18)26-7/h11,13-14,17H,8-10,12,15-16H2,1-7H3. The minimum Gasteiger partial charge on any atom is -0.493 e. The lowest BCUT2D eigenvalue weighted by atomic mass is 9.91. The highest BCUT2D eigenvalue weighted by Gasteiger charge is 2.26. The summed E-state index contributed by atoms with van der Waals surface area (Å²) in [6.45, 7) is 11.2. The average Bonchev–Trinajstić information content (AvgIpc) is 2.57. The van der Waals surface area contributed by atoms with Gasteiger partial charge in [0.05, 0.1) is 14.2 Å². The van der Waals surface area contributed by atoms with Gasteiger partial charge in [0, 0.05) is 24.6 Å².